The molecule has 0 unspecified atom stereocenters. The Morgan fingerprint density at radius 3 is 2.09 bits per heavy atom. The van der Waals surface area contributed by atoms with Crippen LogP contribution in [-0.2, 0) is 20.7 Å². The Morgan fingerprint density at radius 2 is 1.59 bits per heavy atom. The van der Waals surface area contributed by atoms with Gasteiger partial charge in [-0.1, -0.05) is 0 Å². The number of anilines is 2. The van der Waals surface area contributed by atoms with E-state index in [2.05, 4.69) is 15.4 Å². The molecule has 0 saturated carbocycles. The molecule has 1 atom stereocenters. The predicted molar refractivity (Wildman–Crippen MR) is 124 cm³/mol. The zero-order chi connectivity index (χ0) is 25.5. The van der Waals surface area contributed by atoms with Crippen LogP contribution in [0.4, 0.5) is 29.7 Å². The van der Waals surface area contributed by atoms with Crippen LogP contribution in [0, 0.1) is 11.6 Å². The first-order valence-electron chi connectivity index (χ1n) is 10.6. The van der Waals surface area contributed by atoms with Crippen molar-refractivity contribution in [2.24, 2.45) is 0 Å². The molecule has 8 nitrogen and oxygen atoms in total. The van der Waals surface area contributed by atoms with E-state index in [1.807, 2.05) is 0 Å². The fourth-order valence-electron chi connectivity index (χ4n) is 3.16. The van der Waals surface area contributed by atoms with Crippen molar-refractivity contribution in [3.8, 4) is 0 Å². The predicted octanol–water partition coefficient (Wildman–Crippen LogP) is 4.63. The van der Waals surface area contributed by atoms with E-state index in [4.69, 9.17) is 4.74 Å². The summed E-state index contributed by atoms with van der Waals surface area (Å²) in [6.07, 6.45) is -1.64. The van der Waals surface area contributed by atoms with Crippen LogP contribution in [0.25, 0.3) is 0 Å². The molecule has 0 aliphatic carbocycles. The number of methoxy groups -OCH3 is 1. The van der Waals surface area contributed by atoms with E-state index >= 15 is 0 Å². The Kier molecular flexibility index (Phi) is 8.94. The molecule has 2 aromatic rings. The topological polar surface area (TPSA) is 97.0 Å². The number of alkyl carbamates (subject to hydrolysis) is 1. The number of likely N-dealkylation sites (N-methyl/N-ethyl adjacent to an activating group) is 1. The second-order valence-corrected chi connectivity index (χ2v) is 8.43. The Labute approximate surface area is 197 Å². The summed E-state index contributed by atoms with van der Waals surface area (Å²) in [7, 11) is 1.24. The van der Waals surface area contributed by atoms with Crippen molar-refractivity contribution in [2.45, 2.75) is 45.8 Å². The Morgan fingerprint density at radius 1 is 1.00 bits per heavy atom. The molecule has 34 heavy (non-hydrogen) atoms. The van der Waals surface area contributed by atoms with Crippen LogP contribution < -0.4 is 15.5 Å². The summed E-state index contributed by atoms with van der Waals surface area (Å²) in [5.74, 6) is -2.09. The molecule has 0 bridgehead atoms. The third-order valence-electron chi connectivity index (χ3n) is 4.54. The smallest absolute Gasteiger partial charge is 0.411 e. The van der Waals surface area contributed by atoms with E-state index in [1.165, 1.54) is 12.0 Å². The van der Waals surface area contributed by atoms with Gasteiger partial charge in [-0.2, -0.15) is 0 Å². The maximum atomic E-state index is 13.7. The Hall–Kier alpha value is -3.69. The first-order valence-corrected chi connectivity index (χ1v) is 10.6. The highest BCUT2D eigenvalue weighted by Crippen LogP contribution is 2.21. The van der Waals surface area contributed by atoms with Gasteiger partial charge in [-0.3, -0.25) is 10.1 Å². The summed E-state index contributed by atoms with van der Waals surface area (Å²) in [5.41, 5.74) is 0.331. The van der Waals surface area contributed by atoms with Gasteiger partial charge < -0.3 is 19.7 Å². The van der Waals surface area contributed by atoms with Gasteiger partial charge in [0.1, 0.15) is 23.3 Å². The highest BCUT2D eigenvalue weighted by Gasteiger charge is 2.29. The van der Waals surface area contributed by atoms with Crippen LogP contribution >= 0.6 is 0 Å². The number of amides is 3. The average molecular weight is 478 g/mol. The molecule has 3 amide bonds. The first-order chi connectivity index (χ1) is 15.9. The number of nitrogens with one attached hydrogen (secondary N) is 2. The van der Waals surface area contributed by atoms with Crippen LogP contribution in [0.2, 0.25) is 0 Å². The molecule has 10 heteroatoms. The highest BCUT2D eigenvalue weighted by molar-refractivity contribution is 5.99. The van der Waals surface area contributed by atoms with Crippen molar-refractivity contribution < 1.29 is 32.6 Å². The zero-order valence-electron chi connectivity index (χ0n) is 19.8. The Bertz CT molecular complexity index is 1000. The molecular weight excluding hydrogens is 448 g/mol. The molecule has 2 rings (SSSR count). The summed E-state index contributed by atoms with van der Waals surface area (Å²) in [6, 6.07) is 8.15. The fourth-order valence-corrected chi connectivity index (χ4v) is 3.16. The number of benzene rings is 2. The lowest BCUT2D eigenvalue weighted by Crippen LogP contribution is -2.51. The number of halogens is 2. The summed E-state index contributed by atoms with van der Waals surface area (Å²) >= 11 is 0. The van der Waals surface area contributed by atoms with E-state index in [9.17, 15) is 23.2 Å². The van der Waals surface area contributed by atoms with E-state index in [0.717, 1.165) is 18.2 Å². The van der Waals surface area contributed by atoms with Crippen molar-refractivity contribution >= 4 is 29.5 Å². The number of hydrogen-bond donors (Lipinski definition) is 2. The summed E-state index contributed by atoms with van der Waals surface area (Å²) in [4.78, 5) is 38.6. The normalized spacial score (nSPS) is 11.9. The van der Waals surface area contributed by atoms with Crippen LogP contribution in [0.3, 0.4) is 0 Å². The number of nitrogens with zero attached hydrogens (tertiary/aromatic N) is 1. The van der Waals surface area contributed by atoms with Crippen molar-refractivity contribution in [1.82, 2.24) is 5.32 Å². The summed E-state index contributed by atoms with van der Waals surface area (Å²) in [6.45, 7) is 7.01. The van der Waals surface area contributed by atoms with Crippen molar-refractivity contribution in [1.29, 1.82) is 0 Å². The van der Waals surface area contributed by atoms with Gasteiger partial charge in [0, 0.05) is 30.4 Å². The minimum Gasteiger partial charge on any atom is -0.453 e. The average Bonchev–Trinajstić information content (AvgIpc) is 2.72. The van der Waals surface area contributed by atoms with Crippen LogP contribution in [0.1, 0.15) is 33.3 Å². The molecule has 0 spiro atoms. The minimum atomic E-state index is -1.16. The lowest BCUT2D eigenvalue weighted by atomic mass is 10.0. The maximum Gasteiger partial charge on any atom is 0.411 e. The zero-order valence-corrected chi connectivity index (χ0v) is 19.8. The first kappa shape index (κ1) is 26.6. The van der Waals surface area contributed by atoms with E-state index in [1.54, 1.807) is 52.0 Å². The quantitative estimate of drug-likeness (QED) is 0.606. The number of carbonyl (C=O) groups is 3. The summed E-state index contributed by atoms with van der Waals surface area (Å²) < 4.78 is 37.3. The van der Waals surface area contributed by atoms with Gasteiger partial charge in [0.15, 0.2) is 0 Å². The SMILES string of the molecule is CCN(C(=O)[C@H](Cc1cc(F)cc(F)c1)NC(=O)OC(C)(C)C)c1ccc(NC(=O)OC)cc1. The van der Waals surface area contributed by atoms with Crippen LogP contribution in [-0.4, -0.2) is 43.4 Å². The Balaban J connectivity index is 2.31. The fraction of sp³-hybridized carbons (Fsp3) is 0.375. The monoisotopic (exact) mass is 477 g/mol. The number of rotatable bonds is 7. The van der Waals surface area contributed by atoms with Crippen molar-refractivity contribution in [3.05, 3.63) is 59.7 Å². The summed E-state index contributed by atoms with van der Waals surface area (Å²) in [5, 5.41) is 5.03. The molecule has 0 radical (unpaired) electrons. The van der Waals surface area contributed by atoms with Gasteiger partial charge in [0.2, 0.25) is 5.91 Å². The van der Waals surface area contributed by atoms with Gasteiger partial charge in [0.05, 0.1) is 7.11 Å². The largest absolute Gasteiger partial charge is 0.453 e. The second-order valence-electron chi connectivity index (χ2n) is 8.43. The molecular formula is C24H29F2N3O5. The molecule has 0 aromatic heterocycles. The molecule has 0 fully saturated rings. The molecule has 2 aromatic carbocycles. The number of ether oxygens (including phenoxy) is 2. The van der Waals surface area contributed by atoms with Gasteiger partial charge >= 0.3 is 12.2 Å². The molecule has 0 aliphatic rings. The number of carbonyl (C=O) groups excluding carboxylic acids is 3. The minimum absolute atomic E-state index is 0.161. The highest BCUT2D eigenvalue weighted by atomic mass is 19.1. The van der Waals surface area contributed by atoms with Crippen LogP contribution in [0.5, 0.6) is 0 Å². The van der Waals surface area contributed by atoms with Gasteiger partial charge in [-0.25, -0.2) is 18.4 Å². The van der Waals surface area contributed by atoms with E-state index in [-0.39, 0.29) is 18.5 Å². The molecule has 2 N–H and O–H groups in total. The van der Waals surface area contributed by atoms with Gasteiger partial charge in [-0.15, -0.1) is 0 Å². The molecule has 184 valence electrons. The van der Waals surface area contributed by atoms with Crippen molar-refractivity contribution in [2.75, 3.05) is 23.9 Å². The third-order valence-corrected chi connectivity index (χ3v) is 4.54. The maximum absolute atomic E-state index is 13.7. The second kappa shape index (κ2) is 11.4. The number of hydrogen-bond acceptors (Lipinski definition) is 5. The molecule has 0 heterocycles. The third kappa shape index (κ3) is 8.02. The lowest BCUT2D eigenvalue weighted by Gasteiger charge is -2.28. The van der Waals surface area contributed by atoms with Gasteiger partial charge in [-0.05, 0) is 69.7 Å². The van der Waals surface area contributed by atoms with E-state index in [0.29, 0.717) is 11.4 Å². The van der Waals surface area contributed by atoms with Crippen LogP contribution in [0.15, 0.2) is 42.5 Å². The standard InChI is InChI=1S/C24H29F2N3O5/c1-6-29(19-9-7-18(8-10-19)27-22(31)33-5)21(30)20(28-23(32)34-24(2,3)4)13-15-11-16(25)14-17(26)12-15/h7-12,14,20H,6,13H2,1-5H3,(H,27,31)(H,28,32)/t20-/m0/s1. The van der Waals surface area contributed by atoms with E-state index < -0.39 is 41.4 Å². The van der Waals surface area contributed by atoms with Gasteiger partial charge in [0.25, 0.3) is 0 Å². The van der Waals surface area contributed by atoms with Crippen molar-refractivity contribution in [3.63, 3.8) is 0 Å². The molecule has 0 aliphatic heterocycles. The lowest BCUT2D eigenvalue weighted by molar-refractivity contribution is -0.120. The molecule has 0 saturated heterocycles.